The molecule has 1 aromatic rings. The number of carbonyl (C=O) groups is 2. The van der Waals surface area contributed by atoms with E-state index >= 15 is 0 Å². The van der Waals surface area contributed by atoms with Gasteiger partial charge in [0.2, 0.25) is 9.84 Å². The van der Waals surface area contributed by atoms with E-state index < -0.39 is 32.7 Å². The van der Waals surface area contributed by atoms with Crippen LogP contribution in [-0.2, 0) is 34.4 Å². The molecule has 0 saturated carbocycles. The number of hydrogen-bond acceptors (Lipinski definition) is 10. The third-order valence-electron chi connectivity index (χ3n) is 6.22. The van der Waals surface area contributed by atoms with Crippen molar-refractivity contribution in [1.82, 2.24) is 20.2 Å². The van der Waals surface area contributed by atoms with Gasteiger partial charge < -0.3 is 14.6 Å². The van der Waals surface area contributed by atoms with Crippen LogP contribution in [0.4, 0.5) is 0 Å². The van der Waals surface area contributed by atoms with Gasteiger partial charge in [0, 0.05) is 6.61 Å². The summed E-state index contributed by atoms with van der Waals surface area (Å²) in [6.45, 7) is 9.15. The van der Waals surface area contributed by atoms with Crippen LogP contribution in [0.2, 0.25) is 0 Å². The predicted octanol–water partition coefficient (Wildman–Crippen LogP) is 3.60. The lowest BCUT2D eigenvalue weighted by Gasteiger charge is -2.29. The van der Waals surface area contributed by atoms with Crippen molar-refractivity contribution in [2.24, 2.45) is 5.41 Å². The zero-order chi connectivity index (χ0) is 28.0. The molecule has 0 saturated heterocycles. The Morgan fingerprint density at radius 2 is 1.32 bits per heavy atom. The molecule has 0 bridgehead atoms. The summed E-state index contributed by atoms with van der Waals surface area (Å²) in [4.78, 5) is 26.2. The molecule has 0 fully saturated rings. The molecule has 1 aromatic heterocycles. The van der Waals surface area contributed by atoms with Crippen molar-refractivity contribution in [2.75, 3.05) is 25.6 Å². The van der Waals surface area contributed by atoms with Gasteiger partial charge in [0.25, 0.3) is 5.16 Å². The van der Waals surface area contributed by atoms with Crippen molar-refractivity contribution in [3.8, 4) is 0 Å². The first-order chi connectivity index (χ1) is 17.5. The minimum atomic E-state index is -3.86. The van der Waals surface area contributed by atoms with Crippen LogP contribution >= 0.6 is 0 Å². The number of tetrazole rings is 1. The number of sulfone groups is 1. The zero-order valence-electron chi connectivity index (χ0n) is 23.2. The van der Waals surface area contributed by atoms with E-state index in [0.29, 0.717) is 6.42 Å². The number of carbonyl (C=O) groups excluding carboxylic acids is 2. The van der Waals surface area contributed by atoms with Gasteiger partial charge in [0.15, 0.2) is 5.41 Å². The minimum absolute atomic E-state index is 0.0118. The van der Waals surface area contributed by atoms with Gasteiger partial charge in [-0.3, -0.25) is 9.59 Å². The van der Waals surface area contributed by atoms with Crippen LogP contribution in [-0.4, -0.2) is 71.2 Å². The van der Waals surface area contributed by atoms with Crippen molar-refractivity contribution in [2.45, 2.75) is 116 Å². The summed E-state index contributed by atoms with van der Waals surface area (Å²) in [6.07, 6.45) is 7.69. The standard InChI is InChI=1S/C25H46N4O7S/c1-6-35-21(31)25(22(32)36-7-2,17-14-12-10-8-9-11-13-15-19-30)18-16-20-37(33,34)23-26-27-28-29(23)24(3,4)5/h30H,6-20H2,1-5H3. The quantitative estimate of drug-likeness (QED) is 0.155. The summed E-state index contributed by atoms with van der Waals surface area (Å²) in [7, 11) is -3.86. The van der Waals surface area contributed by atoms with Gasteiger partial charge in [0.05, 0.1) is 24.5 Å². The summed E-state index contributed by atoms with van der Waals surface area (Å²) >= 11 is 0. The lowest BCUT2D eigenvalue weighted by Crippen LogP contribution is -2.42. The number of nitrogens with zero attached hydrogens (tertiary/aromatic N) is 4. The lowest BCUT2D eigenvalue weighted by molar-refractivity contribution is -0.173. The first-order valence-electron chi connectivity index (χ1n) is 13.4. The number of hydrogen-bond donors (Lipinski definition) is 1. The van der Waals surface area contributed by atoms with Crippen LogP contribution in [0, 0.1) is 5.41 Å². The highest BCUT2D eigenvalue weighted by Gasteiger charge is 2.48. The topological polar surface area (TPSA) is 151 Å². The largest absolute Gasteiger partial charge is 0.465 e. The van der Waals surface area contributed by atoms with Gasteiger partial charge in [-0.2, -0.15) is 0 Å². The smallest absolute Gasteiger partial charge is 0.323 e. The molecule has 214 valence electrons. The average molecular weight is 547 g/mol. The van der Waals surface area contributed by atoms with E-state index in [0.717, 1.165) is 44.9 Å². The molecule has 0 radical (unpaired) electrons. The van der Waals surface area contributed by atoms with Crippen molar-refractivity contribution < 1.29 is 32.6 Å². The van der Waals surface area contributed by atoms with Crippen LogP contribution in [0.1, 0.15) is 105 Å². The molecular weight excluding hydrogens is 500 g/mol. The van der Waals surface area contributed by atoms with E-state index in [9.17, 15) is 18.0 Å². The molecule has 0 aromatic carbocycles. The van der Waals surface area contributed by atoms with E-state index in [2.05, 4.69) is 15.5 Å². The highest BCUT2D eigenvalue weighted by atomic mass is 32.2. The lowest BCUT2D eigenvalue weighted by atomic mass is 9.78. The number of aliphatic hydroxyl groups is 1. The Bertz CT molecular complexity index is 908. The molecule has 0 spiro atoms. The third-order valence-corrected chi connectivity index (χ3v) is 7.85. The molecule has 0 atom stereocenters. The molecular formula is C25H46N4O7S. The van der Waals surface area contributed by atoms with Crippen molar-refractivity contribution >= 4 is 21.8 Å². The summed E-state index contributed by atoms with van der Waals surface area (Å²) < 4.78 is 37.9. The number of ether oxygens (including phenoxy) is 2. The van der Waals surface area contributed by atoms with Gasteiger partial charge in [0.1, 0.15) is 0 Å². The highest BCUT2D eigenvalue weighted by Crippen LogP contribution is 2.35. The van der Waals surface area contributed by atoms with Crippen LogP contribution in [0.5, 0.6) is 0 Å². The maximum atomic E-state index is 13.1. The van der Waals surface area contributed by atoms with Crippen LogP contribution in [0.15, 0.2) is 5.16 Å². The fourth-order valence-electron chi connectivity index (χ4n) is 4.20. The highest BCUT2D eigenvalue weighted by molar-refractivity contribution is 7.91. The maximum Gasteiger partial charge on any atom is 0.323 e. The summed E-state index contributed by atoms with van der Waals surface area (Å²) in [5.41, 5.74) is -2.19. The monoisotopic (exact) mass is 546 g/mol. The fraction of sp³-hybridized carbons (Fsp3) is 0.880. The molecule has 1 N–H and O–H groups in total. The molecule has 0 aliphatic rings. The van der Waals surface area contributed by atoms with Crippen molar-refractivity contribution in [1.29, 1.82) is 0 Å². The van der Waals surface area contributed by atoms with E-state index in [1.54, 1.807) is 34.6 Å². The second kappa shape index (κ2) is 16.0. The molecule has 12 heteroatoms. The first-order valence-corrected chi connectivity index (χ1v) is 15.1. The normalized spacial score (nSPS) is 12.5. The number of esters is 2. The second-order valence-electron chi connectivity index (χ2n) is 10.3. The Kier molecular flexibility index (Phi) is 14.3. The van der Waals surface area contributed by atoms with Gasteiger partial charge in [-0.05, 0) is 70.7 Å². The number of aromatic nitrogens is 4. The molecule has 0 unspecified atom stereocenters. The molecule has 0 amide bonds. The molecule has 11 nitrogen and oxygen atoms in total. The van der Waals surface area contributed by atoms with Crippen LogP contribution in [0.3, 0.4) is 0 Å². The Labute approximate surface area is 221 Å². The Hall–Kier alpha value is -2.08. The summed E-state index contributed by atoms with van der Waals surface area (Å²) in [5.74, 6) is -1.67. The average Bonchev–Trinajstić information content (AvgIpc) is 3.34. The second-order valence-corrected chi connectivity index (χ2v) is 12.3. The molecule has 0 aliphatic heterocycles. The summed E-state index contributed by atoms with van der Waals surface area (Å²) in [5, 5.41) is 19.7. The Morgan fingerprint density at radius 3 is 1.81 bits per heavy atom. The zero-order valence-corrected chi connectivity index (χ0v) is 24.0. The number of rotatable bonds is 19. The van der Waals surface area contributed by atoms with Crippen molar-refractivity contribution in [3.05, 3.63) is 0 Å². The molecule has 1 rings (SSSR count). The molecule has 1 heterocycles. The van der Waals surface area contributed by atoms with Crippen LogP contribution in [0.25, 0.3) is 0 Å². The predicted molar refractivity (Wildman–Crippen MR) is 138 cm³/mol. The van der Waals surface area contributed by atoms with Gasteiger partial charge in [-0.25, -0.2) is 13.1 Å². The molecule has 37 heavy (non-hydrogen) atoms. The Morgan fingerprint density at radius 1 is 0.838 bits per heavy atom. The Balaban J connectivity index is 2.93. The van der Waals surface area contributed by atoms with Crippen molar-refractivity contribution in [3.63, 3.8) is 0 Å². The minimum Gasteiger partial charge on any atom is -0.465 e. The fourth-order valence-corrected chi connectivity index (χ4v) is 5.65. The van der Waals surface area contributed by atoms with Crippen LogP contribution < -0.4 is 0 Å². The van der Waals surface area contributed by atoms with Gasteiger partial charge in [-0.1, -0.05) is 50.0 Å². The maximum absolute atomic E-state index is 13.1. The van der Waals surface area contributed by atoms with Gasteiger partial charge >= 0.3 is 11.9 Å². The number of aliphatic hydroxyl groups excluding tert-OH is 1. The first kappa shape index (κ1) is 32.9. The molecule has 0 aliphatic carbocycles. The summed E-state index contributed by atoms with van der Waals surface area (Å²) in [6, 6.07) is 0. The van der Waals surface area contributed by atoms with E-state index in [1.165, 1.54) is 4.68 Å². The third kappa shape index (κ3) is 10.3. The SMILES string of the molecule is CCOC(=O)C(CCCCCCCCCCO)(CCCS(=O)(=O)c1nnnn1C(C)(C)C)C(=O)OCC. The van der Waals surface area contributed by atoms with Gasteiger partial charge in [-0.15, -0.1) is 0 Å². The van der Waals surface area contributed by atoms with E-state index in [-0.39, 0.29) is 50.0 Å². The van der Waals surface area contributed by atoms with E-state index in [4.69, 9.17) is 14.6 Å². The number of unbranched alkanes of at least 4 members (excludes halogenated alkanes) is 7. The van der Waals surface area contributed by atoms with E-state index in [1.807, 2.05) is 0 Å².